The van der Waals surface area contributed by atoms with Crippen LogP contribution in [-0.2, 0) is 9.59 Å². The first-order chi connectivity index (χ1) is 7.97. The molecule has 0 radical (unpaired) electrons. The fraction of sp³-hybridized carbons (Fsp3) is 0.111. The van der Waals surface area contributed by atoms with Crippen LogP contribution in [0.5, 0.6) is 0 Å². The van der Waals surface area contributed by atoms with Gasteiger partial charge in [-0.25, -0.2) is 9.59 Å². The van der Waals surface area contributed by atoms with Crippen molar-refractivity contribution in [3.63, 3.8) is 0 Å². The summed E-state index contributed by atoms with van der Waals surface area (Å²) in [6, 6.07) is 0.609. The van der Waals surface area contributed by atoms with Gasteiger partial charge >= 0.3 is 12.0 Å². The number of carbonyl (C=O) groups excluding carboxylic acids is 2. The number of nitrogens with one attached hydrogen (secondary N) is 2. The van der Waals surface area contributed by atoms with Gasteiger partial charge in [-0.15, -0.1) is 0 Å². The molecular weight excluding hydrogens is 230 g/mol. The molecule has 3 N–H and O–H groups in total. The molecule has 0 aromatic carbocycles. The first-order valence-electron chi connectivity index (χ1n) is 4.43. The van der Waals surface area contributed by atoms with Gasteiger partial charge in [-0.1, -0.05) is 5.16 Å². The molecule has 0 spiro atoms. The molecule has 0 aliphatic carbocycles. The van der Waals surface area contributed by atoms with Gasteiger partial charge in [-0.05, 0) is 6.92 Å². The normalized spacial score (nSPS) is 10.2. The van der Waals surface area contributed by atoms with E-state index in [9.17, 15) is 14.4 Å². The monoisotopic (exact) mass is 239 g/mol. The number of carboxylic acids is 1. The van der Waals surface area contributed by atoms with Crippen LogP contribution < -0.4 is 10.6 Å². The highest BCUT2D eigenvalue weighted by Crippen LogP contribution is 2.07. The number of rotatable bonds is 3. The predicted octanol–water partition coefficient (Wildman–Crippen LogP) is 0.272. The molecule has 0 aliphatic rings. The lowest BCUT2D eigenvalue weighted by Crippen LogP contribution is -2.33. The number of imide groups is 1. The second kappa shape index (κ2) is 5.45. The molecule has 3 amide bonds. The molecule has 0 saturated heterocycles. The first-order valence-corrected chi connectivity index (χ1v) is 4.43. The minimum absolute atomic E-state index is 0.0787. The number of hydrogen-bond donors (Lipinski definition) is 3. The highest BCUT2D eigenvalue weighted by Gasteiger charge is 2.08. The Balaban J connectivity index is 2.45. The van der Waals surface area contributed by atoms with Crippen molar-refractivity contribution in [2.75, 3.05) is 5.32 Å². The number of nitrogens with zero attached hydrogens (tertiary/aromatic N) is 1. The Bertz CT molecular complexity index is 477. The Labute approximate surface area is 95.3 Å². The predicted molar refractivity (Wildman–Crippen MR) is 55.2 cm³/mol. The summed E-state index contributed by atoms with van der Waals surface area (Å²) in [5.41, 5.74) is 0.567. The van der Waals surface area contributed by atoms with Crippen LogP contribution in [0.1, 0.15) is 5.69 Å². The van der Waals surface area contributed by atoms with E-state index in [1.807, 2.05) is 5.32 Å². The summed E-state index contributed by atoms with van der Waals surface area (Å²) in [5.74, 6) is -2.07. The van der Waals surface area contributed by atoms with Gasteiger partial charge in [0.05, 0.1) is 5.69 Å². The minimum atomic E-state index is -1.29. The lowest BCUT2D eigenvalue weighted by molar-refractivity contribution is -0.131. The van der Waals surface area contributed by atoms with E-state index in [1.165, 1.54) is 6.07 Å². The number of amides is 3. The maximum Gasteiger partial charge on any atom is 0.328 e. The lowest BCUT2D eigenvalue weighted by atomic mass is 10.4. The Morgan fingerprint density at radius 3 is 2.65 bits per heavy atom. The van der Waals surface area contributed by atoms with Gasteiger partial charge in [0.1, 0.15) is 0 Å². The summed E-state index contributed by atoms with van der Waals surface area (Å²) in [6.45, 7) is 1.66. The number of aliphatic carboxylic acids is 1. The molecule has 1 rings (SSSR count). The summed E-state index contributed by atoms with van der Waals surface area (Å²) in [7, 11) is 0. The smallest absolute Gasteiger partial charge is 0.328 e. The quantitative estimate of drug-likeness (QED) is 0.651. The molecular formula is C9H9N3O5. The summed E-state index contributed by atoms with van der Waals surface area (Å²) < 4.78 is 4.67. The summed E-state index contributed by atoms with van der Waals surface area (Å²) in [5, 5.41) is 15.8. The van der Waals surface area contributed by atoms with Crippen molar-refractivity contribution >= 4 is 23.8 Å². The number of urea groups is 1. The first kappa shape index (κ1) is 12.4. The van der Waals surface area contributed by atoms with Crippen molar-refractivity contribution in [2.24, 2.45) is 0 Å². The molecule has 8 nitrogen and oxygen atoms in total. The van der Waals surface area contributed by atoms with E-state index in [-0.39, 0.29) is 5.88 Å². The third-order valence-corrected chi connectivity index (χ3v) is 1.48. The van der Waals surface area contributed by atoms with Crippen LogP contribution >= 0.6 is 0 Å². The lowest BCUT2D eigenvalue weighted by Gasteiger charge is -1.99. The molecule has 0 aliphatic heterocycles. The molecule has 1 heterocycles. The average molecular weight is 239 g/mol. The van der Waals surface area contributed by atoms with E-state index >= 15 is 0 Å². The number of aryl methyl sites for hydroxylation is 1. The number of anilines is 1. The highest BCUT2D eigenvalue weighted by molar-refractivity contribution is 6.06. The van der Waals surface area contributed by atoms with E-state index in [4.69, 9.17) is 5.11 Å². The Hall–Kier alpha value is -2.64. The number of carboxylic acid groups (broad SMARTS) is 1. The maximum absolute atomic E-state index is 11.2. The third-order valence-electron chi connectivity index (χ3n) is 1.48. The Morgan fingerprint density at radius 1 is 1.41 bits per heavy atom. The SMILES string of the molecule is Cc1cc(NC(=O)NC(=O)/C=C/C(=O)O)on1. The number of hydrogen-bond acceptors (Lipinski definition) is 5. The Kier molecular flexibility index (Phi) is 3.98. The average Bonchev–Trinajstić information content (AvgIpc) is 2.60. The van der Waals surface area contributed by atoms with Crippen LogP contribution in [0.2, 0.25) is 0 Å². The van der Waals surface area contributed by atoms with Gasteiger partial charge in [-0.2, -0.15) is 0 Å². The molecule has 0 bridgehead atoms. The second-order valence-corrected chi connectivity index (χ2v) is 2.95. The van der Waals surface area contributed by atoms with E-state index in [1.54, 1.807) is 6.92 Å². The standard InChI is InChI=1S/C9H9N3O5/c1-5-4-7(17-12-5)11-9(16)10-6(13)2-3-8(14)15/h2-4H,1H3,(H,14,15)(H2,10,11,13,16)/b3-2+. The molecule has 0 fully saturated rings. The largest absolute Gasteiger partial charge is 0.478 e. The molecule has 0 saturated carbocycles. The van der Waals surface area contributed by atoms with Crippen molar-refractivity contribution in [3.8, 4) is 0 Å². The van der Waals surface area contributed by atoms with E-state index < -0.39 is 17.9 Å². The fourth-order valence-electron chi connectivity index (χ4n) is 0.866. The van der Waals surface area contributed by atoms with Crippen LogP contribution in [0.25, 0.3) is 0 Å². The van der Waals surface area contributed by atoms with Gasteiger partial charge in [-0.3, -0.25) is 15.4 Å². The van der Waals surface area contributed by atoms with E-state index in [0.29, 0.717) is 17.8 Å². The molecule has 0 unspecified atom stereocenters. The molecule has 1 aromatic heterocycles. The molecule has 90 valence electrons. The molecule has 17 heavy (non-hydrogen) atoms. The van der Waals surface area contributed by atoms with Crippen LogP contribution in [0.4, 0.5) is 10.7 Å². The van der Waals surface area contributed by atoms with Gasteiger partial charge < -0.3 is 9.63 Å². The third kappa shape index (κ3) is 4.60. The minimum Gasteiger partial charge on any atom is -0.478 e. The van der Waals surface area contributed by atoms with Gasteiger partial charge in [0.2, 0.25) is 5.88 Å². The van der Waals surface area contributed by atoms with Crippen LogP contribution in [0, 0.1) is 6.92 Å². The van der Waals surface area contributed by atoms with Gasteiger partial charge in [0.25, 0.3) is 5.91 Å². The topological polar surface area (TPSA) is 122 Å². The second-order valence-electron chi connectivity index (χ2n) is 2.95. The highest BCUT2D eigenvalue weighted by atomic mass is 16.5. The van der Waals surface area contributed by atoms with Crippen molar-refractivity contribution in [3.05, 3.63) is 23.9 Å². The Morgan fingerprint density at radius 2 is 2.12 bits per heavy atom. The zero-order valence-corrected chi connectivity index (χ0v) is 8.76. The molecule has 0 atom stereocenters. The zero-order valence-electron chi connectivity index (χ0n) is 8.76. The van der Waals surface area contributed by atoms with Gasteiger partial charge in [0, 0.05) is 18.2 Å². The summed E-state index contributed by atoms with van der Waals surface area (Å²) in [6.07, 6.45) is 1.33. The van der Waals surface area contributed by atoms with Crippen LogP contribution in [-0.4, -0.2) is 28.2 Å². The molecule has 1 aromatic rings. The zero-order chi connectivity index (χ0) is 12.8. The number of carbonyl (C=O) groups is 3. The number of aromatic nitrogens is 1. The summed E-state index contributed by atoms with van der Waals surface area (Å²) >= 11 is 0. The van der Waals surface area contributed by atoms with Crippen molar-refractivity contribution < 1.29 is 24.0 Å². The fourth-order valence-corrected chi connectivity index (χ4v) is 0.866. The molecule has 8 heteroatoms. The van der Waals surface area contributed by atoms with Crippen molar-refractivity contribution in [1.29, 1.82) is 0 Å². The van der Waals surface area contributed by atoms with E-state index in [0.717, 1.165) is 0 Å². The van der Waals surface area contributed by atoms with E-state index in [2.05, 4.69) is 15.0 Å². The van der Waals surface area contributed by atoms with Crippen molar-refractivity contribution in [2.45, 2.75) is 6.92 Å². The van der Waals surface area contributed by atoms with Crippen molar-refractivity contribution in [1.82, 2.24) is 10.5 Å². The van der Waals surface area contributed by atoms with Gasteiger partial charge in [0.15, 0.2) is 0 Å². The maximum atomic E-state index is 11.2. The van der Waals surface area contributed by atoms with Crippen LogP contribution in [0.3, 0.4) is 0 Å². The van der Waals surface area contributed by atoms with Crippen LogP contribution in [0.15, 0.2) is 22.7 Å². The summed E-state index contributed by atoms with van der Waals surface area (Å²) in [4.78, 5) is 32.2.